The van der Waals surface area contributed by atoms with Crippen molar-refractivity contribution in [3.8, 4) is 0 Å². The smallest absolute Gasteiger partial charge is 0.228 e. The van der Waals surface area contributed by atoms with Gasteiger partial charge in [0.2, 0.25) is 5.91 Å². The van der Waals surface area contributed by atoms with Gasteiger partial charge in [-0.25, -0.2) is 0 Å². The molecule has 1 aliphatic rings. The van der Waals surface area contributed by atoms with Crippen molar-refractivity contribution in [3.05, 3.63) is 22.4 Å². The number of rotatable bonds is 3. The van der Waals surface area contributed by atoms with Gasteiger partial charge in [0.25, 0.3) is 0 Å². The highest BCUT2D eigenvalue weighted by molar-refractivity contribution is 7.10. The van der Waals surface area contributed by atoms with Crippen molar-refractivity contribution in [1.82, 2.24) is 4.90 Å². The van der Waals surface area contributed by atoms with E-state index in [9.17, 15) is 4.79 Å². The summed E-state index contributed by atoms with van der Waals surface area (Å²) in [5.41, 5.74) is 5.78. The van der Waals surface area contributed by atoms with Crippen LogP contribution in [0.2, 0.25) is 0 Å². The summed E-state index contributed by atoms with van der Waals surface area (Å²) in [6.45, 7) is 3.69. The first-order valence-corrected chi connectivity index (χ1v) is 7.10. The Bertz CT molecular complexity index is 364. The standard InChI is InChI=1S/C13H20N2OS/c1-10-4-5-15(11(7-10)9-14)13(16)8-12-3-2-6-17-12/h2-3,6,10-11H,4-5,7-9,14H2,1H3. The zero-order chi connectivity index (χ0) is 12.3. The van der Waals surface area contributed by atoms with Gasteiger partial charge in [-0.15, -0.1) is 11.3 Å². The zero-order valence-corrected chi connectivity index (χ0v) is 11.1. The molecular formula is C13H20N2OS. The maximum Gasteiger partial charge on any atom is 0.228 e. The average molecular weight is 252 g/mol. The van der Waals surface area contributed by atoms with Gasteiger partial charge in [0.15, 0.2) is 0 Å². The first kappa shape index (κ1) is 12.6. The Morgan fingerprint density at radius 1 is 1.65 bits per heavy atom. The maximum absolute atomic E-state index is 12.2. The van der Waals surface area contributed by atoms with Gasteiger partial charge in [0.05, 0.1) is 6.42 Å². The fraction of sp³-hybridized carbons (Fsp3) is 0.615. The van der Waals surface area contributed by atoms with Crippen molar-refractivity contribution in [2.24, 2.45) is 11.7 Å². The molecule has 2 heterocycles. The second-order valence-corrected chi connectivity index (χ2v) is 5.89. The first-order chi connectivity index (χ1) is 8.20. The topological polar surface area (TPSA) is 46.3 Å². The number of likely N-dealkylation sites (tertiary alicyclic amines) is 1. The molecule has 0 aliphatic carbocycles. The van der Waals surface area contributed by atoms with E-state index in [1.165, 1.54) is 0 Å². The number of thiophene rings is 1. The van der Waals surface area contributed by atoms with Crippen LogP contribution in [0.3, 0.4) is 0 Å². The molecule has 1 aliphatic heterocycles. The van der Waals surface area contributed by atoms with E-state index in [0.717, 1.165) is 24.3 Å². The molecule has 0 radical (unpaired) electrons. The second kappa shape index (κ2) is 5.65. The molecular weight excluding hydrogens is 232 g/mol. The van der Waals surface area contributed by atoms with Gasteiger partial charge < -0.3 is 10.6 Å². The molecule has 0 aromatic carbocycles. The van der Waals surface area contributed by atoms with Crippen LogP contribution in [0.15, 0.2) is 17.5 Å². The first-order valence-electron chi connectivity index (χ1n) is 6.22. The monoisotopic (exact) mass is 252 g/mol. The lowest BCUT2D eigenvalue weighted by atomic mass is 9.92. The molecule has 3 nitrogen and oxygen atoms in total. The van der Waals surface area contributed by atoms with Gasteiger partial charge in [0.1, 0.15) is 0 Å². The summed E-state index contributed by atoms with van der Waals surface area (Å²) in [4.78, 5) is 15.3. The Morgan fingerprint density at radius 3 is 3.12 bits per heavy atom. The number of piperidine rings is 1. The predicted molar refractivity (Wildman–Crippen MR) is 71.0 cm³/mol. The second-order valence-electron chi connectivity index (χ2n) is 4.86. The summed E-state index contributed by atoms with van der Waals surface area (Å²) >= 11 is 1.65. The van der Waals surface area contributed by atoms with E-state index in [-0.39, 0.29) is 11.9 Å². The quantitative estimate of drug-likeness (QED) is 0.892. The lowest BCUT2D eigenvalue weighted by Crippen LogP contribution is -2.49. The molecule has 94 valence electrons. The Morgan fingerprint density at radius 2 is 2.47 bits per heavy atom. The van der Waals surface area contributed by atoms with Gasteiger partial charge in [-0.3, -0.25) is 4.79 Å². The number of nitrogens with zero attached hydrogens (tertiary/aromatic N) is 1. The van der Waals surface area contributed by atoms with Crippen LogP contribution < -0.4 is 5.73 Å². The fourth-order valence-corrected chi connectivity index (χ4v) is 3.16. The number of amides is 1. The van der Waals surface area contributed by atoms with Gasteiger partial charge >= 0.3 is 0 Å². The number of carbonyl (C=O) groups excluding carboxylic acids is 1. The van der Waals surface area contributed by atoms with E-state index in [4.69, 9.17) is 5.73 Å². The Kier molecular flexibility index (Phi) is 4.18. The lowest BCUT2D eigenvalue weighted by molar-refractivity contribution is -0.134. The van der Waals surface area contributed by atoms with Crippen LogP contribution in [-0.4, -0.2) is 29.9 Å². The molecule has 1 saturated heterocycles. The van der Waals surface area contributed by atoms with Crippen LogP contribution in [-0.2, 0) is 11.2 Å². The van der Waals surface area contributed by atoms with E-state index in [1.807, 2.05) is 22.4 Å². The number of hydrogen-bond donors (Lipinski definition) is 1. The molecule has 2 atom stereocenters. The molecule has 0 spiro atoms. The van der Waals surface area contributed by atoms with Gasteiger partial charge in [-0.05, 0) is 30.2 Å². The lowest BCUT2D eigenvalue weighted by Gasteiger charge is -2.38. The number of carbonyl (C=O) groups is 1. The van der Waals surface area contributed by atoms with Crippen LogP contribution in [0.1, 0.15) is 24.6 Å². The van der Waals surface area contributed by atoms with Crippen LogP contribution in [0.4, 0.5) is 0 Å². The molecule has 0 saturated carbocycles. The van der Waals surface area contributed by atoms with Crippen LogP contribution in [0.25, 0.3) is 0 Å². The summed E-state index contributed by atoms with van der Waals surface area (Å²) in [6, 6.07) is 4.25. The maximum atomic E-state index is 12.2. The van der Waals surface area contributed by atoms with E-state index in [0.29, 0.717) is 18.9 Å². The van der Waals surface area contributed by atoms with Crippen molar-refractivity contribution < 1.29 is 4.79 Å². The highest BCUT2D eigenvalue weighted by atomic mass is 32.1. The van der Waals surface area contributed by atoms with Crippen LogP contribution in [0, 0.1) is 5.92 Å². The van der Waals surface area contributed by atoms with Crippen molar-refractivity contribution >= 4 is 17.2 Å². The number of nitrogens with two attached hydrogens (primary N) is 1. The SMILES string of the molecule is CC1CCN(C(=O)Cc2cccs2)C(CN)C1. The third kappa shape index (κ3) is 3.07. The molecule has 0 bridgehead atoms. The fourth-order valence-electron chi connectivity index (χ4n) is 2.47. The van der Waals surface area contributed by atoms with E-state index in [2.05, 4.69) is 6.92 Å². The highest BCUT2D eigenvalue weighted by Crippen LogP contribution is 2.23. The summed E-state index contributed by atoms with van der Waals surface area (Å²) in [5.74, 6) is 0.920. The molecule has 2 rings (SSSR count). The molecule has 1 amide bonds. The van der Waals surface area contributed by atoms with E-state index in [1.54, 1.807) is 11.3 Å². The van der Waals surface area contributed by atoms with Crippen molar-refractivity contribution in [1.29, 1.82) is 0 Å². The number of hydrogen-bond acceptors (Lipinski definition) is 3. The van der Waals surface area contributed by atoms with Gasteiger partial charge in [-0.2, -0.15) is 0 Å². The Hall–Kier alpha value is -0.870. The van der Waals surface area contributed by atoms with Crippen LogP contribution in [0.5, 0.6) is 0 Å². The highest BCUT2D eigenvalue weighted by Gasteiger charge is 2.28. The molecule has 2 N–H and O–H groups in total. The largest absolute Gasteiger partial charge is 0.338 e. The minimum absolute atomic E-state index is 0.231. The van der Waals surface area contributed by atoms with E-state index < -0.39 is 0 Å². The summed E-state index contributed by atoms with van der Waals surface area (Å²) in [5, 5.41) is 2.02. The molecule has 17 heavy (non-hydrogen) atoms. The summed E-state index contributed by atoms with van der Waals surface area (Å²) < 4.78 is 0. The normalized spacial score (nSPS) is 24.9. The van der Waals surface area contributed by atoms with Crippen molar-refractivity contribution in [3.63, 3.8) is 0 Å². The van der Waals surface area contributed by atoms with E-state index >= 15 is 0 Å². The minimum Gasteiger partial charge on any atom is -0.338 e. The molecule has 2 unspecified atom stereocenters. The zero-order valence-electron chi connectivity index (χ0n) is 10.3. The Labute approximate surface area is 107 Å². The molecule has 1 aromatic rings. The minimum atomic E-state index is 0.231. The summed E-state index contributed by atoms with van der Waals surface area (Å²) in [6.07, 6.45) is 2.68. The van der Waals surface area contributed by atoms with Crippen molar-refractivity contribution in [2.75, 3.05) is 13.1 Å². The van der Waals surface area contributed by atoms with Crippen LogP contribution >= 0.6 is 11.3 Å². The molecule has 1 fully saturated rings. The van der Waals surface area contributed by atoms with Gasteiger partial charge in [-0.1, -0.05) is 13.0 Å². The predicted octanol–water partition coefficient (Wildman–Crippen LogP) is 1.88. The van der Waals surface area contributed by atoms with Gasteiger partial charge in [0, 0.05) is 24.0 Å². The third-order valence-electron chi connectivity index (χ3n) is 3.48. The Balaban J connectivity index is 1.98. The summed E-state index contributed by atoms with van der Waals surface area (Å²) in [7, 11) is 0. The molecule has 1 aromatic heterocycles. The molecule has 4 heteroatoms. The average Bonchev–Trinajstić information content (AvgIpc) is 2.81. The third-order valence-corrected chi connectivity index (χ3v) is 4.35. The van der Waals surface area contributed by atoms with Crippen molar-refractivity contribution in [2.45, 2.75) is 32.2 Å².